The van der Waals surface area contributed by atoms with Crippen LogP contribution in [0.25, 0.3) is 75.8 Å². The van der Waals surface area contributed by atoms with Crippen molar-refractivity contribution in [3.8, 4) is 55.6 Å². The highest BCUT2D eigenvalue weighted by Crippen LogP contribution is 2.57. The fraction of sp³-hybridized carbons (Fsp3) is 0.0571. The second-order valence-electron chi connectivity index (χ2n) is 20.0. The summed E-state index contributed by atoms with van der Waals surface area (Å²) in [7, 11) is 0. The van der Waals surface area contributed by atoms with Gasteiger partial charge in [0.1, 0.15) is 0 Å². The first-order valence-corrected chi connectivity index (χ1v) is 25.9. The molecule has 0 unspecified atom stereocenters. The van der Waals surface area contributed by atoms with Crippen LogP contribution in [-0.4, -0.2) is 0 Å². The van der Waals surface area contributed by atoms with Crippen LogP contribution in [0.15, 0.2) is 261 Å². The number of benzene rings is 11. The largest absolute Gasteiger partial charge is 0.310 e. The maximum atomic E-state index is 2.51. The summed E-state index contributed by atoms with van der Waals surface area (Å²) in [4.78, 5) is 2.42. The quantitative estimate of drug-likeness (QED) is 0.147. The third kappa shape index (κ3) is 6.46. The first-order valence-electron chi connectivity index (χ1n) is 25.1. The van der Waals surface area contributed by atoms with E-state index in [0.717, 1.165) is 17.1 Å². The molecule has 0 bridgehead atoms. The average molecular weight is 936 g/mol. The minimum absolute atomic E-state index is 0.121. The van der Waals surface area contributed by atoms with Crippen molar-refractivity contribution in [2.45, 2.75) is 24.7 Å². The molecule has 340 valence electrons. The van der Waals surface area contributed by atoms with Gasteiger partial charge in [-0.3, -0.25) is 0 Å². The van der Waals surface area contributed by atoms with Crippen LogP contribution in [0.5, 0.6) is 0 Å². The normalized spacial score (nSPS) is 13.6. The minimum Gasteiger partial charge on any atom is -0.310 e. The van der Waals surface area contributed by atoms with Crippen molar-refractivity contribution in [1.82, 2.24) is 0 Å². The average Bonchev–Trinajstić information content (AvgIpc) is 4.05. The highest BCUT2D eigenvalue weighted by atomic mass is 32.1. The smallest absolute Gasteiger partial charge is 0.0713 e. The van der Waals surface area contributed by atoms with E-state index in [1.54, 1.807) is 0 Å². The molecule has 1 aromatic heterocycles. The van der Waals surface area contributed by atoms with Crippen molar-refractivity contribution in [3.05, 3.63) is 294 Å². The Kier molecular flexibility index (Phi) is 9.71. The Labute approximate surface area is 425 Å². The lowest BCUT2D eigenvalue weighted by atomic mass is 9.67. The number of nitrogens with zero attached hydrogens (tertiary/aromatic N) is 1. The van der Waals surface area contributed by atoms with Crippen molar-refractivity contribution in [2.75, 3.05) is 4.90 Å². The molecule has 0 saturated carbocycles. The summed E-state index contributed by atoms with van der Waals surface area (Å²) in [6.07, 6.45) is 0. The van der Waals surface area contributed by atoms with Gasteiger partial charge in [0.25, 0.3) is 0 Å². The van der Waals surface area contributed by atoms with E-state index in [-0.39, 0.29) is 5.41 Å². The standard InChI is InChI=1S/C70H49NS/c1-69(2)63-27-15-12-24-56(63)58-41-39-55(45-65(58)69)71(53-35-30-47(31-36-53)46-18-6-3-7-19-46)54-37-32-48(33-38-54)50-42-61(68-62(43-50)60-26-14-17-29-67(60)72-68)49-34-40-59-57-25-13-16-28-64(57)70(66(59)44-49,51-20-8-4-9-21-51)52-22-10-5-11-23-52/h3-45H,1-2H3. The molecular formula is C70H49NS. The van der Waals surface area contributed by atoms with Gasteiger partial charge in [-0.25, -0.2) is 0 Å². The molecule has 0 radical (unpaired) electrons. The molecular weight excluding hydrogens is 887 g/mol. The van der Waals surface area contributed by atoms with Crippen molar-refractivity contribution in [1.29, 1.82) is 0 Å². The zero-order chi connectivity index (χ0) is 48.0. The lowest BCUT2D eigenvalue weighted by Gasteiger charge is -2.34. The molecule has 12 aromatic rings. The maximum absolute atomic E-state index is 2.51. The molecule has 0 saturated heterocycles. The second kappa shape index (κ2) is 16.5. The Morgan fingerprint density at radius 2 is 0.792 bits per heavy atom. The van der Waals surface area contributed by atoms with E-state index in [1.165, 1.54) is 109 Å². The molecule has 2 aliphatic rings. The van der Waals surface area contributed by atoms with Crippen LogP contribution >= 0.6 is 11.3 Å². The van der Waals surface area contributed by atoms with E-state index in [0.29, 0.717) is 0 Å². The van der Waals surface area contributed by atoms with E-state index in [9.17, 15) is 0 Å². The summed E-state index contributed by atoms with van der Waals surface area (Å²) in [5.74, 6) is 0. The van der Waals surface area contributed by atoms with Gasteiger partial charge in [-0.15, -0.1) is 11.3 Å². The summed E-state index contributed by atoms with van der Waals surface area (Å²) < 4.78 is 2.61. The maximum Gasteiger partial charge on any atom is 0.0713 e. The Hall–Kier alpha value is -8.56. The molecule has 0 spiro atoms. The third-order valence-electron chi connectivity index (χ3n) is 15.8. The predicted octanol–water partition coefficient (Wildman–Crippen LogP) is 19.2. The molecule has 0 amide bonds. The topological polar surface area (TPSA) is 3.24 Å². The Morgan fingerprint density at radius 1 is 0.306 bits per heavy atom. The van der Waals surface area contributed by atoms with Crippen LogP contribution in [-0.2, 0) is 10.8 Å². The van der Waals surface area contributed by atoms with Gasteiger partial charge < -0.3 is 4.90 Å². The molecule has 0 aliphatic heterocycles. The van der Waals surface area contributed by atoms with Gasteiger partial charge >= 0.3 is 0 Å². The summed E-state index contributed by atoms with van der Waals surface area (Å²) in [5.41, 5.74) is 23.2. The van der Waals surface area contributed by atoms with Crippen molar-refractivity contribution in [3.63, 3.8) is 0 Å². The highest BCUT2D eigenvalue weighted by molar-refractivity contribution is 7.26. The zero-order valence-corrected chi connectivity index (χ0v) is 41.0. The molecule has 11 aromatic carbocycles. The summed E-state index contributed by atoms with van der Waals surface area (Å²) in [6.45, 7) is 4.73. The second-order valence-corrected chi connectivity index (χ2v) is 21.0. The minimum atomic E-state index is -0.483. The van der Waals surface area contributed by atoms with Crippen LogP contribution in [0.3, 0.4) is 0 Å². The summed E-state index contributed by atoms with van der Waals surface area (Å²) in [6, 6.07) is 97.2. The SMILES string of the molecule is CC1(C)c2ccccc2-c2ccc(N(c3ccc(-c4ccccc4)cc3)c3ccc(-c4cc(-c5ccc6c(c5)C(c5ccccc5)(c5ccccc5)c5ccccc5-6)c5sc6ccccc6c5c4)cc3)cc21. The molecule has 0 N–H and O–H groups in total. The van der Waals surface area contributed by atoms with Gasteiger partial charge in [-0.2, -0.15) is 0 Å². The summed E-state index contributed by atoms with van der Waals surface area (Å²) in [5, 5.41) is 2.58. The number of hydrogen-bond donors (Lipinski definition) is 0. The number of thiophene rings is 1. The van der Waals surface area contributed by atoms with E-state index >= 15 is 0 Å². The van der Waals surface area contributed by atoms with Crippen molar-refractivity contribution >= 4 is 48.6 Å². The van der Waals surface area contributed by atoms with Gasteiger partial charge in [-0.05, 0) is 144 Å². The number of hydrogen-bond acceptors (Lipinski definition) is 2. The third-order valence-corrected chi connectivity index (χ3v) is 17.0. The Morgan fingerprint density at radius 3 is 1.47 bits per heavy atom. The fourth-order valence-electron chi connectivity index (χ4n) is 12.3. The predicted molar refractivity (Wildman–Crippen MR) is 305 cm³/mol. The molecule has 1 nitrogen and oxygen atoms in total. The van der Waals surface area contributed by atoms with Crippen molar-refractivity contribution in [2.24, 2.45) is 0 Å². The van der Waals surface area contributed by atoms with Gasteiger partial charge in [0.05, 0.1) is 5.41 Å². The van der Waals surface area contributed by atoms with Crippen LogP contribution in [0.2, 0.25) is 0 Å². The molecule has 0 atom stereocenters. The highest BCUT2D eigenvalue weighted by Gasteiger charge is 2.46. The number of anilines is 3. The lowest BCUT2D eigenvalue weighted by Crippen LogP contribution is -2.28. The number of rotatable bonds is 8. The number of fused-ring (bicyclic) bond motifs is 9. The zero-order valence-electron chi connectivity index (χ0n) is 40.2. The monoisotopic (exact) mass is 935 g/mol. The molecule has 0 fully saturated rings. The first kappa shape index (κ1) is 42.3. The summed E-state index contributed by atoms with van der Waals surface area (Å²) >= 11 is 1.90. The van der Waals surface area contributed by atoms with Crippen LogP contribution in [0, 0.1) is 0 Å². The molecule has 72 heavy (non-hydrogen) atoms. The molecule has 1 heterocycles. The van der Waals surface area contributed by atoms with Crippen LogP contribution in [0.4, 0.5) is 17.1 Å². The van der Waals surface area contributed by atoms with E-state index < -0.39 is 5.41 Å². The van der Waals surface area contributed by atoms with Crippen molar-refractivity contribution < 1.29 is 0 Å². The van der Waals surface area contributed by atoms with Gasteiger partial charge in [0.15, 0.2) is 0 Å². The van der Waals surface area contributed by atoms with E-state index in [4.69, 9.17) is 0 Å². The van der Waals surface area contributed by atoms with Crippen LogP contribution in [0.1, 0.15) is 47.2 Å². The fourth-order valence-corrected chi connectivity index (χ4v) is 13.6. The van der Waals surface area contributed by atoms with E-state index in [2.05, 4.69) is 280 Å². The van der Waals surface area contributed by atoms with Gasteiger partial charge in [0, 0.05) is 48.2 Å². The van der Waals surface area contributed by atoms with Gasteiger partial charge in [0.2, 0.25) is 0 Å². The van der Waals surface area contributed by atoms with Gasteiger partial charge in [-0.1, -0.05) is 214 Å². The van der Waals surface area contributed by atoms with E-state index in [1.807, 2.05) is 11.3 Å². The Bertz CT molecular complexity index is 4000. The lowest BCUT2D eigenvalue weighted by molar-refractivity contribution is 0.660. The molecule has 14 rings (SSSR count). The van der Waals surface area contributed by atoms with Crippen LogP contribution < -0.4 is 4.90 Å². The molecule has 2 heteroatoms. The molecule has 2 aliphatic carbocycles. The first-order chi connectivity index (χ1) is 35.4. The Balaban J connectivity index is 0.921.